The van der Waals surface area contributed by atoms with Crippen molar-refractivity contribution >= 4 is 15.9 Å². The van der Waals surface area contributed by atoms with E-state index in [1.54, 1.807) is 0 Å². The first-order chi connectivity index (χ1) is 5.34. The molecular formula is C10H12Br. The van der Waals surface area contributed by atoms with E-state index in [2.05, 4.69) is 41.1 Å². The van der Waals surface area contributed by atoms with Gasteiger partial charge in [-0.2, -0.15) is 0 Å². The highest BCUT2D eigenvalue weighted by Gasteiger charge is 2.03. The Morgan fingerprint density at radius 3 is 2.91 bits per heavy atom. The van der Waals surface area contributed by atoms with Crippen LogP contribution in [0.2, 0.25) is 0 Å². The molecule has 1 aromatic carbocycles. The van der Waals surface area contributed by atoms with E-state index in [1.165, 1.54) is 18.4 Å². The van der Waals surface area contributed by atoms with Crippen LogP contribution < -0.4 is 0 Å². The summed E-state index contributed by atoms with van der Waals surface area (Å²) in [4.78, 5) is 0.480. The van der Waals surface area contributed by atoms with Gasteiger partial charge < -0.3 is 0 Å². The third kappa shape index (κ3) is 2.66. The van der Waals surface area contributed by atoms with Gasteiger partial charge in [-0.25, -0.2) is 0 Å². The van der Waals surface area contributed by atoms with Crippen LogP contribution in [0, 0.1) is 6.07 Å². The van der Waals surface area contributed by atoms with Gasteiger partial charge >= 0.3 is 0 Å². The van der Waals surface area contributed by atoms with Crippen molar-refractivity contribution in [2.75, 3.05) is 0 Å². The number of halogens is 1. The molecule has 0 bridgehead atoms. The molecule has 0 aliphatic rings. The van der Waals surface area contributed by atoms with E-state index in [0.29, 0.717) is 4.83 Å². The van der Waals surface area contributed by atoms with Gasteiger partial charge in [0.15, 0.2) is 0 Å². The van der Waals surface area contributed by atoms with Gasteiger partial charge in [-0.1, -0.05) is 53.5 Å². The lowest BCUT2D eigenvalue weighted by molar-refractivity contribution is 0.788. The molecule has 0 saturated heterocycles. The highest BCUT2D eigenvalue weighted by Crippen LogP contribution is 2.26. The van der Waals surface area contributed by atoms with Gasteiger partial charge in [0, 0.05) is 4.83 Å². The molecule has 0 heterocycles. The topological polar surface area (TPSA) is 0 Å². The third-order valence-electron chi connectivity index (χ3n) is 1.61. The maximum Gasteiger partial charge on any atom is 0.0401 e. The molecule has 0 saturated carbocycles. The average Bonchev–Trinajstić information content (AvgIpc) is 2.07. The van der Waals surface area contributed by atoms with Crippen molar-refractivity contribution in [3.63, 3.8) is 0 Å². The van der Waals surface area contributed by atoms with Crippen LogP contribution in [0.3, 0.4) is 0 Å². The van der Waals surface area contributed by atoms with E-state index in [1.807, 2.05) is 12.1 Å². The summed E-state index contributed by atoms with van der Waals surface area (Å²) in [6, 6.07) is 11.3. The Bertz CT molecular complexity index is 193. The van der Waals surface area contributed by atoms with Crippen molar-refractivity contribution in [3.8, 4) is 0 Å². The molecule has 0 aromatic heterocycles. The van der Waals surface area contributed by atoms with Crippen molar-refractivity contribution < 1.29 is 0 Å². The van der Waals surface area contributed by atoms with Gasteiger partial charge in [0.25, 0.3) is 0 Å². The molecule has 0 aliphatic heterocycles. The fourth-order valence-electron chi connectivity index (χ4n) is 1.01. The van der Waals surface area contributed by atoms with Gasteiger partial charge in [0.1, 0.15) is 0 Å². The van der Waals surface area contributed by atoms with Crippen LogP contribution in [-0.4, -0.2) is 0 Å². The Kier molecular flexibility index (Phi) is 3.64. The summed E-state index contributed by atoms with van der Waals surface area (Å²) in [7, 11) is 0. The molecular weight excluding hydrogens is 200 g/mol. The van der Waals surface area contributed by atoms with Crippen LogP contribution in [0.4, 0.5) is 0 Å². The van der Waals surface area contributed by atoms with E-state index in [9.17, 15) is 0 Å². The van der Waals surface area contributed by atoms with Crippen molar-refractivity contribution in [3.05, 3.63) is 35.9 Å². The Morgan fingerprint density at radius 2 is 2.36 bits per heavy atom. The van der Waals surface area contributed by atoms with E-state index in [0.717, 1.165) is 0 Å². The maximum atomic E-state index is 3.61. The predicted molar refractivity (Wildman–Crippen MR) is 51.9 cm³/mol. The quantitative estimate of drug-likeness (QED) is 0.669. The highest BCUT2D eigenvalue weighted by atomic mass is 79.9. The zero-order chi connectivity index (χ0) is 8.10. The van der Waals surface area contributed by atoms with Gasteiger partial charge in [0.2, 0.25) is 0 Å². The van der Waals surface area contributed by atoms with Gasteiger partial charge in [0.05, 0.1) is 0 Å². The summed E-state index contributed by atoms with van der Waals surface area (Å²) in [5, 5.41) is 0. The monoisotopic (exact) mass is 211 g/mol. The van der Waals surface area contributed by atoms with Crippen LogP contribution in [0.25, 0.3) is 0 Å². The van der Waals surface area contributed by atoms with Crippen LogP contribution >= 0.6 is 15.9 Å². The second-order valence-corrected chi connectivity index (χ2v) is 3.68. The Hall–Kier alpha value is -0.300. The second kappa shape index (κ2) is 4.55. The minimum Gasteiger partial charge on any atom is -0.0839 e. The molecule has 0 N–H and O–H groups in total. The molecule has 0 fully saturated rings. The molecule has 0 aliphatic carbocycles. The predicted octanol–water partition coefficient (Wildman–Crippen LogP) is 3.72. The molecule has 0 amide bonds. The van der Waals surface area contributed by atoms with Gasteiger partial charge in [-0.15, -0.1) is 0 Å². The lowest BCUT2D eigenvalue weighted by Crippen LogP contribution is -1.87. The lowest BCUT2D eigenvalue weighted by atomic mass is 10.1. The molecule has 11 heavy (non-hydrogen) atoms. The van der Waals surface area contributed by atoms with Gasteiger partial charge in [-0.3, -0.25) is 0 Å². The lowest BCUT2D eigenvalue weighted by Gasteiger charge is -2.06. The number of benzene rings is 1. The van der Waals surface area contributed by atoms with Crippen molar-refractivity contribution in [1.82, 2.24) is 0 Å². The zero-order valence-corrected chi connectivity index (χ0v) is 8.26. The average molecular weight is 212 g/mol. The Morgan fingerprint density at radius 1 is 1.55 bits per heavy atom. The minimum absolute atomic E-state index is 0.480. The largest absolute Gasteiger partial charge is 0.0839 e. The first-order valence-electron chi connectivity index (χ1n) is 3.95. The molecule has 59 valence electrons. The van der Waals surface area contributed by atoms with E-state index < -0.39 is 0 Å². The van der Waals surface area contributed by atoms with Crippen LogP contribution in [-0.2, 0) is 0 Å². The number of hydrogen-bond acceptors (Lipinski definition) is 0. The van der Waals surface area contributed by atoms with Crippen LogP contribution in [0.5, 0.6) is 0 Å². The smallest absolute Gasteiger partial charge is 0.0401 e. The van der Waals surface area contributed by atoms with E-state index in [4.69, 9.17) is 0 Å². The van der Waals surface area contributed by atoms with Gasteiger partial charge in [-0.05, 0) is 18.1 Å². The Balaban J connectivity index is 2.61. The van der Waals surface area contributed by atoms with Crippen molar-refractivity contribution in [2.45, 2.75) is 24.6 Å². The first kappa shape index (κ1) is 8.79. The first-order valence-corrected chi connectivity index (χ1v) is 4.87. The third-order valence-corrected chi connectivity index (χ3v) is 2.56. The molecule has 1 rings (SSSR count). The fourth-order valence-corrected chi connectivity index (χ4v) is 1.75. The highest BCUT2D eigenvalue weighted by molar-refractivity contribution is 9.09. The summed E-state index contributed by atoms with van der Waals surface area (Å²) in [5.41, 5.74) is 1.26. The SMILES string of the molecule is CCCC(Br)c1[c]cccc1. The van der Waals surface area contributed by atoms with Crippen LogP contribution in [0.15, 0.2) is 24.3 Å². The second-order valence-electron chi connectivity index (χ2n) is 2.57. The van der Waals surface area contributed by atoms with E-state index in [-0.39, 0.29) is 0 Å². The molecule has 0 nitrogen and oxygen atoms in total. The van der Waals surface area contributed by atoms with Crippen molar-refractivity contribution in [2.24, 2.45) is 0 Å². The molecule has 1 aromatic rings. The molecule has 1 atom stereocenters. The summed E-state index contributed by atoms with van der Waals surface area (Å²) in [5.74, 6) is 0. The fraction of sp³-hybridized carbons (Fsp3) is 0.400. The summed E-state index contributed by atoms with van der Waals surface area (Å²) < 4.78 is 0. The standard InChI is InChI=1S/C10H12Br/c1-2-6-10(11)9-7-4-3-5-8-9/h3-5,7,10H,2,6H2,1H3. The summed E-state index contributed by atoms with van der Waals surface area (Å²) >= 11 is 3.61. The minimum atomic E-state index is 0.480. The number of alkyl halides is 1. The molecule has 1 unspecified atom stereocenters. The molecule has 1 radical (unpaired) electrons. The number of rotatable bonds is 3. The normalized spacial score (nSPS) is 12.9. The molecule has 0 spiro atoms. The van der Waals surface area contributed by atoms with Crippen molar-refractivity contribution in [1.29, 1.82) is 0 Å². The zero-order valence-electron chi connectivity index (χ0n) is 6.68. The number of hydrogen-bond donors (Lipinski definition) is 0. The molecule has 1 heteroatoms. The summed E-state index contributed by atoms with van der Waals surface area (Å²) in [6.07, 6.45) is 2.39. The summed E-state index contributed by atoms with van der Waals surface area (Å²) in [6.45, 7) is 2.19. The Labute approximate surface area is 76.8 Å². The van der Waals surface area contributed by atoms with E-state index >= 15 is 0 Å². The maximum absolute atomic E-state index is 3.61. The van der Waals surface area contributed by atoms with Crippen LogP contribution in [0.1, 0.15) is 30.2 Å².